The van der Waals surface area contributed by atoms with Crippen molar-refractivity contribution in [2.24, 2.45) is 0 Å². The fourth-order valence-electron chi connectivity index (χ4n) is 3.36. The lowest BCUT2D eigenvalue weighted by molar-refractivity contribution is -0.120. The van der Waals surface area contributed by atoms with E-state index in [0.717, 1.165) is 5.56 Å². The van der Waals surface area contributed by atoms with Crippen LogP contribution < -0.4 is 15.8 Å². The Kier molecular flexibility index (Phi) is 4.94. The van der Waals surface area contributed by atoms with Gasteiger partial charge in [-0.2, -0.15) is 0 Å². The van der Waals surface area contributed by atoms with E-state index in [0.29, 0.717) is 25.3 Å². The van der Waals surface area contributed by atoms with E-state index in [1.807, 2.05) is 30.3 Å². The van der Waals surface area contributed by atoms with E-state index in [4.69, 9.17) is 0 Å². The second kappa shape index (κ2) is 7.70. The molecule has 0 saturated carbocycles. The Morgan fingerprint density at radius 3 is 2.72 bits per heavy atom. The number of nitrogens with one attached hydrogen (secondary N) is 1. The second-order valence-corrected chi connectivity index (χ2v) is 6.84. The summed E-state index contributed by atoms with van der Waals surface area (Å²) >= 11 is 0. The summed E-state index contributed by atoms with van der Waals surface area (Å²) in [5.41, 5.74) is 0.851. The Morgan fingerprint density at radius 2 is 1.93 bits per heavy atom. The molecule has 0 aliphatic carbocycles. The van der Waals surface area contributed by atoms with Crippen molar-refractivity contribution in [1.29, 1.82) is 0 Å². The van der Waals surface area contributed by atoms with Crippen molar-refractivity contribution in [3.8, 4) is 0 Å². The van der Waals surface area contributed by atoms with Gasteiger partial charge in [0.2, 0.25) is 11.7 Å². The number of benzene rings is 1. The molecule has 0 fully saturated rings. The van der Waals surface area contributed by atoms with Gasteiger partial charge in [-0.25, -0.2) is 9.67 Å². The minimum atomic E-state index is -0.770. The minimum absolute atomic E-state index is 0.00434. The molecular weight excluding hydrogens is 372 g/mol. The zero-order chi connectivity index (χ0) is 20.4. The highest BCUT2D eigenvalue weighted by Crippen LogP contribution is 2.17. The number of fused-ring (bicyclic) bond motifs is 1. The number of amides is 2. The van der Waals surface area contributed by atoms with E-state index in [-0.39, 0.29) is 17.3 Å². The predicted octanol–water partition coefficient (Wildman–Crippen LogP) is 0.653. The number of likely N-dealkylation sites (N-methyl/N-ethyl adjacent to an activating group) is 1. The summed E-state index contributed by atoms with van der Waals surface area (Å²) < 4.78 is 3.09. The maximum Gasteiger partial charge on any atom is 0.291 e. The zero-order valence-corrected chi connectivity index (χ0v) is 15.9. The van der Waals surface area contributed by atoms with Crippen molar-refractivity contribution >= 4 is 17.6 Å². The molecule has 4 rings (SSSR count). The Balaban J connectivity index is 1.47. The van der Waals surface area contributed by atoms with Gasteiger partial charge in [0.25, 0.3) is 11.5 Å². The monoisotopic (exact) mass is 392 g/mol. The molecule has 0 radical (unpaired) electrons. The number of rotatable bonds is 4. The average molecular weight is 392 g/mol. The predicted molar refractivity (Wildman–Crippen MR) is 106 cm³/mol. The number of carbonyl (C=O) groups is 2. The molecule has 1 aliphatic rings. The topological polar surface area (TPSA) is 102 Å². The zero-order valence-electron chi connectivity index (χ0n) is 15.9. The van der Waals surface area contributed by atoms with Crippen LogP contribution in [0.3, 0.4) is 0 Å². The highest BCUT2D eigenvalue weighted by molar-refractivity contribution is 6.00. The molecule has 0 spiro atoms. The van der Waals surface area contributed by atoms with Crippen molar-refractivity contribution in [1.82, 2.24) is 24.6 Å². The van der Waals surface area contributed by atoms with Gasteiger partial charge in [0.15, 0.2) is 0 Å². The number of hydrogen-bond acceptors (Lipinski definition) is 5. The third-order valence-electron chi connectivity index (χ3n) is 4.87. The fraction of sp³-hybridized carbons (Fsp3) is 0.250. The first-order valence-electron chi connectivity index (χ1n) is 9.24. The third-order valence-corrected chi connectivity index (χ3v) is 4.87. The Hall–Kier alpha value is -3.75. The molecule has 1 aliphatic heterocycles. The average Bonchev–Trinajstić information content (AvgIpc) is 3.15. The Morgan fingerprint density at radius 1 is 1.14 bits per heavy atom. The van der Waals surface area contributed by atoms with Crippen molar-refractivity contribution in [3.05, 3.63) is 76.6 Å². The van der Waals surface area contributed by atoms with Gasteiger partial charge >= 0.3 is 0 Å². The summed E-state index contributed by atoms with van der Waals surface area (Å²) in [7, 11) is 1.59. The molecule has 1 atom stereocenters. The molecular formula is C20H20N6O3. The van der Waals surface area contributed by atoms with Gasteiger partial charge in [0.1, 0.15) is 18.2 Å². The van der Waals surface area contributed by atoms with Crippen LogP contribution in [-0.4, -0.2) is 44.2 Å². The molecule has 9 nitrogen and oxygen atoms in total. The molecule has 148 valence electrons. The van der Waals surface area contributed by atoms with E-state index in [9.17, 15) is 14.4 Å². The van der Waals surface area contributed by atoms with Crippen LogP contribution in [-0.2, 0) is 17.9 Å². The molecule has 1 unspecified atom stereocenters. The number of carbonyl (C=O) groups excluding carboxylic acids is 2. The standard InChI is InChI=1S/C20H20N6O3/c1-24-16-8-5-9-17(27)26(16)11-10-15(20(24)29)22-19(28)18-21-13-25(23-18)12-14-6-3-2-4-7-14/h2-9,13,15H,10-12H2,1H3,(H,22,28). The highest BCUT2D eigenvalue weighted by Gasteiger charge is 2.30. The van der Waals surface area contributed by atoms with E-state index in [1.165, 1.54) is 21.9 Å². The normalized spacial score (nSPS) is 16.2. The first-order chi connectivity index (χ1) is 14.0. The van der Waals surface area contributed by atoms with Crippen LogP contribution in [0.5, 0.6) is 0 Å². The van der Waals surface area contributed by atoms with Gasteiger partial charge in [-0.3, -0.25) is 23.9 Å². The van der Waals surface area contributed by atoms with Crippen LogP contribution in [0.15, 0.2) is 59.7 Å². The van der Waals surface area contributed by atoms with Gasteiger partial charge in [-0.1, -0.05) is 36.4 Å². The van der Waals surface area contributed by atoms with Crippen LogP contribution in [0.1, 0.15) is 22.6 Å². The summed E-state index contributed by atoms with van der Waals surface area (Å²) in [5, 5.41) is 6.91. The number of anilines is 1. The van der Waals surface area contributed by atoms with E-state index in [1.54, 1.807) is 23.9 Å². The first-order valence-corrected chi connectivity index (χ1v) is 9.24. The number of pyridine rings is 1. The number of aromatic nitrogens is 4. The summed E-state index contributed by atoms with van der Waals surface area (Å²) in [4.78, 5) is 42.9. The van der Waals surface area contributed by atoms with Gasteiger partial charge in [0.05, 0.1) is 6.54 Å². The lowest BCUT2D eigenvalue weighted by Crippen LogP contribution is -2.47. The summed E-state index contributed by atoms with van der Waals surface area (Å²) in [6.45, 7) is 0.816. The quantitative estimate of drug-likeness (QED) is 0.703. The van der Waals surface area contributed by atoms with Gasteiger partial charge in [-0.15, -0.1) is 5.10 Å². The van der Waals surface area contributed by atoms with Crippen molar-refractivity contribution in [3.63, 3.8) is 0 Å². The third kappa shape index (κ3) is 3.79. The summed E-state index contributed by atoms with van der Waals surface area (Å²) in [6.07, 6.45) is 1.79. The molecule has 29 heavy (non-hydrogen) atoms. The minimum Gasteiger partial charge on any atom is -0.337 e. The highest BCUT2D eigenvalue weighted by atomic mass is 16.2. The van der Waals surface area contributed by atoms with Gasteiger partial charge < -0.3 is 5.32 Å². The molecule has 2 amide bonds. The molecule has 9 heteroatoms. The summed E-state index contributed by atoms with van der Waals surface area (Å²) in [5.74, 6) is -0.319. The fourth-order valence-corrected chi connectivity index (χ4v) is 3.36. The van der Waals surface area contributed by atoms with Crippen LogP contribution in [0.25, 0.3) is 0 Å². The Labute approximate surface area is 166 Å². The Bertz CT molecular complexity index is 1100. The van der Waals surface area contributed by atoms with Gasteiger partial charge in [0, 0.05) is 19.7 Å². The van der Waals surface area contributed by atoms with Crippen LogP contribution >= 0.6 is 0 Å². The number of nitrogens with zero attached hydrogens (tertiary/aromatic N) is 5. The molecule has 3 aromatic rings. The van der Waals surface area contributed by atoms with E-state index in [2.05, 4.69) is 15.4 Å². The largest absolute Gasteiger partial charge is 0.337 e. The van der Waals surface area contributed by atoms with Crippen LogP contribution in [0.4, 0.5) is 5.82 Å². The van der Waals surface area contributed by atoms with Crippen LogP contribution in [0, 0.1) is 0 Å². The lowest BCUT2D eigenvalue weighted by Gasteiger charge is -2.21. The first kappa shape index (κ1) is 18.6. The van der Waals surface area contributed by atoms with Crippen molar-refractivity contribution < 1.29 is 9.59 Å². The molecule has 0 saturated heterocycles. The summed E-state index contributed by atoms with van der Waals surface area (Å²) in [6, 6.07) is 13.7. The molecule has 0 bridgehead atoms. The second-order valence-electron chi connectivity index (χ2n) is 6.84. The van der Waals surface area contributed by atoms with Crippen LogP contribution in [0.2, 0.25) is 0 Å². The maximum atomic E-state index is 12.8. The van der Waals surface area contributed by atoms with Gasteiger partial charge in [-0.05, 0) is 18.1 Å². The van der Waals surface area contributed by atoms with E-state index >= 15 is 0 Å². The molecule has 1 N–H and O–H groups in total. The van der Waals surface area contributed by atoms with Crippen molar-refractivity contribution in [2.75, 3.05) is 11.9 Å². The molecule has 1 aromatic carbocycles. The maximum absolute atomic E-state index is 12.8. The van der Waals surface area contributed by atoms with E-state index < -0.39 is 11.9 Å². The smallest absolute Gasteiger partial charge is 0.291 e. The van der Waals surface area contributed by atoms with Crippen molar-refractivity contribution in [2.45, 2.75) is 25.6 Å². The molecule has 3 heterocycles. The SMILES string of the molecule is CN1C(=O)C(NC(=O)c2ncn(Cc3ccccc3)n2)CCn2c1cccc2=O. The lowest BCUT2D eigenvalue weighted by atomic mass is 10.2. The molecule has 2 aromatic heterocycles. The number of hydrogen-bond donors (Lipinski definition) is 1.